The molecule has 0 spiro atoms. The number of benzene rings is 1. The lowest BCUT2D eigenvalue weighted by Crippen LogP contribution is -2.33. The van der Waals surface area contributed by atoms with Gasteiger partial charge in [0.1, 0.15) is 0 Å². The molecule has 1 N–H and O–H groups in total. The van der Waals surface area contributed by atoms with Crippen LogP contribution in [0.5, 0.6) is 0 Å². The van der Waals surface area contributed by atoms with E-state index in [1.165, 1.54) is 18.4 Å². The van der Waals surface area contributed by atoms with Crippen LogP contribution in [0, 0.1) is 20.8 Å². The Balaban J connectivity index is 1.76. The molecular weight excluding hydrogens is 324 g/mol. The van der Waals surface area contributed by atoms with E-state index in [1.54, 1.807) is 10.7 Å². The number of nitrogens with one attached hydrogen (secondary N) is 1. The van der Waals surface area contributed by atoms with Crippen molar-refractivity contribution in [3.05, 3.63) is 53.0 Å². The number of carbonyl (C=O) groups excluding carboxylic acids is 1. The summed E-state index contributed by atoms with van der Waals surface area (Å²) in [5.74, 6) is -0.0472. The number of nitrogens with zero attached hydrogens (tertiary/aromatic N) is 3. The molecule has 1 aromatic carbocycles. The van der Waals surface area contributed by atoms with E-state index < -0.39 is 0 Å². The average molecular weight is 348 g/mol. The zero-order chi connectivity index (χ0) is 18.3. The molecule has 1 aliphatic carbocycles. The fraction of sp³-hybridized carbons (Fsp3) is 0.381. The summed E-state index contributed by atoms with van der Waals surface area (Å²) in [6, 6.07) is 8.63. The second kappa shape index (κ2) is 6.56. The van der Waals surface area contributed by atoms with Crippen LogP contribution in [0.4, 0.5) is 0 Å². The number of amides is 1. The van der Waals surface area contributed by atoms with Crippen molar-refractivity contribution in [3.8, 4) is 11.1 Å². The first-order valence-corrected chi connectivity index (χ1v) is 9.27. The fourth-order valence-corrected chi connectivity index (χ4v) is 3.90. The van der Waals surface area contributed by atoms with Gasteiger partial charge in [-0.15, -0.1) is 0 Å². The number of aryl methyl sites for hydroxylation is 3. The minimum absolute atomic E-state index is 0.0472. The smallest absolute Gasteiger partial charge is 0.254 e. The number of hydrogen-bond acceptors (Lipinski definition) is 3. The van der Waals surface area contributed by atoms with E-state index in [0.717, 1.165) is 41.0 Å². The number of fused-ring (bicyclic) bond motifs is 1. The summed E-state index contributed by atoms with van der Waals surface area (Å²) in [7, 11) is 0. The Morgan fingerprint density at radius 2 is 1.96 bits per heavy atom. The molecule has 134 valence electrons. The molecular formula is C21H24N4O. The van der Waals surface area contributed by atoms with Gasteiger partial charge in [0.2, 0.25) is 0 Å². The fourth-order valence-electron chi connectivity index (χ4n) is 3.90. The first-order valence-electron chi connectivity index (χ1n) is 9.27. The largest absolute Gasteiger partial charge is 0.349 e. The minimum Gasteiger partial charge on any atom is -0.349 e. The van der Waals surface area contributed by atoms with Gasteiger partial charge >= 0.3 is 0 Å². The van der Waals surface area contributed by atoms with E-state index in [2.05, 4.69) is 40.5 Å². The standard InChI is InChI=1S/C21H24N4O/c1-13-7-6-8-16(11-13)19-14(2)24-25-15(3)18(12-22-20(19)25)21(26)23-17-9-4-5-10-17/h6-8,11-12,17H,4-5,9-10H2,1-3H3,(H,23,26). The van der Waals surface area contributed by atoms with Crippen LogP contribution in [0.1, 0.15) is 53.0 Å². The lowest BCUT2D eigenvalue weighted by Gasteiger charge is -2.13. The second-order valence-corrected chi connectivity index (χ2v) is 7.28. The van der Waals surface area contributed by atoms with Crippen LogP contribution in [0.15, 0.2) is 30.5 Å². The maximum atomic E-state index is 12.7. The zero-order valence-electron chi connectivity index (χ0n) is 15.5. The molecule has 0 aliphatic heterocycles. The molecule has 1 amide bonds. The summed E-state index contributed by atoms with van der Waals surface area (Å²) >= 11 is 0. The Bertz CT molecular complexity index is 983. The molecule has 2 aromatic heterocycles. The van der Waals surface area contributed by atoms with E-state index in [9.17, 15) is 4.79 Å². The predicted octanol–water partition coefficient (Wildman–Crippen LogP) is 3.99. The molecule has 3 aromatic rings. The van der Waals surface area contributed by atoms with Crippen LogP contribution in [0.2, 0.25) is 0 Å². The molecule has 2 heterocycles. The van der Waals surface area contributed by atoms with Crippen LogP contribution >= 0.6 is 0 Å². The highest BCUT2D eigenvalue weighted by Crippen LogP contribution is 2.29. The lowest BCUT2D eigenvalue weighted by atomic mass is 10.0. The third-order valence-corrected chi connectivity index (χ3v) is 5.30. The summed E-state index contributed by atoms with van der Waals surface area (Å²) < 4.78 is 1.80. The highest BCUT2D eigenvalue weighted by Gasteiger charge is 2.22. The molecule has 26 heavy (non-hydrogen) atoms. The molecule has 5 heteroatoms. The van der Waals surface area contributed by atoms with Crippen molar-refractivity contribution >= 4 is 11.6 Å². The van der Waals surface area contributed by atoms with Gasteiger partial charge in [0, 0.05) is 17.8 Å². The molecule has 1 aliphatic rings. The first kappa shape index (κ1) is 16.8. The van der Waals surface area contributed by atoms with Gasteiger partial charge in [-0.2, -0.15) is 5.10 Å². The summed E-state index contributed by atoms with van der Waals surface area (Å²) in [6.45, 7) is 6.00. The maximum Gasteiger partial charge on any atom is 0.254 e. The molecule has 1 saturated carbocycles. The van der Waals surface area contributed by atoms with Crippen molar-refractivity contribution in [3.63, 3.8) is 0 Å². The number of hydrogen-bond donors (Lipinski definition) is 1. The third-order valence-electron chi connectivity index (χ3n) is 5.30. The maximum absolute atomic E-state index is 12.7. The molecule has 4 rings (SSSR count). The number of rotatable bonds is 3. The Labute approximate surface area is 153 Å². The van der Waals surface area contributed by atoms with Gasteiger partial charge in [0.15, 0.2) is 5.65 Å². The van der Waals surface area contributed by atoms with E-state index >= 15 is 0 Å². The average Bonchev–Trinajstić information content (AvgIpc) is 3.22. The summed E-state index contributed by atoms with van der Waals surface area (Å²) in [6.07, 6.45) is 6.21. The highest BCUT2D eigenvalue weighted by atomic mass is 16.1. The van der Waals surface area contributed by atoms with Gasteiger partial charge in [0.25, 0.3) is 5.91 Å². The Morgan fingerprint density at radius 1 is 1.19 bits per heavy atom. The van der Waals surface area contributed by atoms with Gasteiger partial charge < -0.3 is 5.32 Å². The number of carbonyl (C=O) groups is 1. The Morgan fingerprint density at radius 3 is 2.69 bits per heavy atom. The quantitative estimate of drug-likeness (QED) is 0.778. The van der Waals surface area contributed by atoms with Crippen molar-refractivity contribution in [2.24, 2.45) is 0 Å². The van der Waals surface area contributed by atoms with Crippen molar-refractivity contribution in [2.75, 3.05) is 0 Å². The molecule has 0 atom stereocenters. The van der Waals surface area contributed by atoms with Gasteiger partial charge in [-0.05, 0) is 39.2 Å². The number of aromatic nitrogens is 3. The zero-order valence-corrected chi connectivity index (χ0v) is 15.5. The first-order chi connectivity index (χ1) is 12.5. The van der Waals surface area contributed by atoms with Crippen molar-refractivity contribution < 1.29 is 4.79 Å². The highest BCUT2D eigenvalue weighted by molar-refractivity contribution is 5.95. The van der Waals surface area contributed by atoms with Crippen LogP contribution < -0.4 is 5.32 Å². The van der Waals surface area contributed by atoms with Gasteiger partial charge in [-0.3, -0.25) is 4.79 Å². The summed E-state index contributed by atoms with van der Waals surface area (Å²) in [4.78, 5) is 17.3. The van der Waals surface area contributed by atoms with Gasteiger partial charge in [-0.1, -0.05) is 42.7 Å². The van der Waals surface area contributed by atoms with Crippen molar-refractivity contribution in [1.82, 2.24) is 19.9 Å². The molecule has 0 saturated heterocycles. The van der Waals surface area contributed by atoms with E-state index in [1.807, 2.05) is 19.9 Å². The van der Waals surface area contributed by atoms with Crippen molar-refractivity contribution in [1.29, 1.82) is 0 Å². The predicted molar refractivity (Wildman–Crippen MR) is 102 cm³/mol. The van der Waals surface area contributed by atoms with E-state index in [-0.39, 0.29) is 5.91 Å². The lowest BCUT2D eigenvalue weighted by molar-refractivity contribution is 0.0936. The minimum atomic E-state index is -0.0472. The normalized spacial score (nSPS) is 14.9. The Hall–Kier alpha value is -2.69. The Kier molecular flexibility index (Phi) is 4.23. The van der Waals surface area contributed by atoms with E-state index in [4.69, 9.17) is 0 Å². The third kappa shape index (κ3) is 2.87. The molecule has 0 bridgehead atoms. The van der Waals surface area contributed by atoms with Crippen LogP contribution in [-0.2, 0) is 0 Å². The van der Waals surface area contributed by atoms with E-state index in [0.29, 0.717) is 11.6 Å². The van der Waals surface area contributed by atoms with Gasteiger partial charge in [-0.25, -0.2) is 9.50 Å². The van der Waals surface area contributed by atoms with Crippen molar-refractivity contribution in [2.45, 2.75) is 52.5 Å². The second-order valence-electron chi connectivity index (χ2n) is 7.28. The van der Waals surface area contributed by atoms with Crippen LogP contribution in [0.25, 0.3) is 16.8 Å². The molecule has 0 unspecified atom stereocenters. The topological polar surface area (TPSA) is 59.3 Å². The molecule has 1 fully saturated rings. The SMILES string of the molecule is Cc1cccc(-c2c(C)nn3c(C)c(C(=O)NC4CCCC4)cnc23)c1. The summed E-state index contributed by atoms with van der Waals surface area (Å²) in [5, 5.41) is 7.81. The van der Waals surface area contributed by atoms with Gasteiger partial charge in [0.05, 0.1) is 17.0 Å². The molecule has 0 radical (unpaired) electrons. The van der Waals surface area contributed by atoms with Crippen LogP contribution in [-0.4, -0.2) is 26.5 Å². The molecule has 5 nitrogen and oxygen atoms in total. The van der Waals surface area contributed by atoms with Crippen LogP contribution in [0.3, 0.4) is 0 Å². The summed E-state index contributed by atoms with van der Waals surface area (Å²) in [5.41, 5.74) is 6.47. The monoisotopic (exact) mass is 348 g/mol.